The fraction of sp³-hybridized carbons (Fsp3) is 0.571. The summed E-state index contributed by atoms with van der Waals surface area (Å²) in [5.74, 6) is 0.890. The van der Waals surface area contributed by atoms with Crippen LogP contribution in [-0.4, -0.2) is 29.6 Å². The summed E-state index contributed by atoms with van der Waals surface area (Å²) in [5.41, 5.74) is 3.07. The van der Waals surface area contributed by atoms with Crippen molar-refractivity contribution >= 4 is 0 Å². The molecule has 18 heavy (non-hydrogen) atoms. The highest BCUT2D eigenvalue weighted by atomic mass is 16.5. The lowest BCUT2D eigenvalue weighted by molar-refractivity contribution is 0.236. The molecule has 1 rings (SSSR count). The lowest BCUT2D eigenvalue weighted by atomic mass is 10.1. The van der Waals surface area contributed by atoms with Crippen LogP contribution in [0.3, 0.4) is 0 Å². The smallest absolute Gasteiger partial charge is 0.128 e. The summed E-state index contributed by atoms with van der Waals surface area (Å²) in [7, 11) is 1.68. The molecule has 0 fully saturated rings. The van der Waals surface area contributed by atoms with Crippen molar-refractivity contribution in [2.75, 3.05) is 13.7 Å². The molecule has 0 bridgehead atoms. The summed E-state index contributed by atoms with van der Waals surface area (Å²) >= 11 is 0. The summed E-state index contributed by atoms with van der Waals surface area (Å²) in [5, 5.41) is 8.84. The molecule has 0 aliphatic rings. The van der Waals surface area contributed by atoms with Crippen LogP contribution >= 0.6 is 0 Å². The van der Waals surface area contributed by atoms with Crippen molar-refractivity contribution in [1.82, 2.24) is 9.88 Å². The first-order valence-electron chi connectivity index (χ1n) is 6.11. The predicted octanol–water partition coefficient (Wildman–Crippen LogP) is 2.44. The number of methoxy groups -OCH3 is 1. The molecular formula is C14H21N3O. The predicted molar refractivity (Wildman–Crippen MR) is 71.4 cm³/mol. The Labute approximate surface area is 109 Å². The van der Waals surface area contributed by atoms with Crippen molar-refractivity contribution in [2.24, 2.45) is 0 Å². The summed E-state index contributed by atoms with van der Waals surface area (Å²) < 4.78 is 5.39. The topological polar surface area (TPSA) is 49.1 Å². The monoisotopic (exact) mass is 247 g/mol. The van der Waals surface area contributed by atoms with Crippen molar-refractivity contribution in [1.29, 1.82) is 5.26 Å². The first-order chi connectivity index (χ1) is 8.51. The van der Waals surface area contributed by atoms with Crippen molar-refractivity contribution in [3.05, 3.63) is 23.0 Å². The van der Waals surface area contributed by atoms with Gasteiger partial charge in [0.2, 0.25) is 0 Å². The number of nitrogens with zero attached hydrogens (tertiary/aromatic N) is 3. The molecule has 1 aromatic rings. The van der Waals surface area contributed by atoms with Gasteiger partial charge in [0, 0.05) is 29.9 Å². The number of rotatable bonds is 5. The Bertz CT molecular complexity index is 449. The van der Waals surface area contributed by atoms with Gasteiger partial charge in [0.1, 0.15) is 5.75 Å². The summed E-state index contributed by atoms with van der Waals surface area (Å²) in [4.78, 5) is 6.55. The van der Waals surface area contributed by atoms with Gasteiger partial charge < -0.3 is 4.74 Å². The zero-order valence-corrected chi connectivity index (χ0v) is 11.8. The number of nitriles is 1. The Morgan fingerprint density at radius 2 is 2.11 bits per heavy atom. The third kappa shape index (κ3) is 3.21. The second kappa shape index (κ2) is 6.36. The van der Waals surface area contributed by atoms with Crippen molar-refractivity contribution in [3.63, 3.8) is 0 Å². The Kier molecular flexibility index (Phi) is 5.11. The average molecular weight is 247 g/mol. The fourth-order valence-corrected chi connectivity index (χ4v) is 1.93. The van der Waals surface area contributed by atoms with Gasteiger partial charge in [-0.1, -0.05) is 0 Å². The molecule has 0 atom stereocenters. The van der Waals surface area contributed by atoms with Gasteiger partial charge in [-0.2, -0.15) is 5.26 Å². The zero-order chi connectivity index (χ0) is 13.7. The number of aromatic nitrogens is 1. The normalized spacial score (nSPS) is 10.8. The maximum absolute atomic E-state index is 8.84. The van der Waals surface area contributed by atoms with Crippen LogP contribution in [0, 0.1) is 25.2 Å². The molecule has 0 aromatic carbocycles. The number of aryl methyl sites for hydroxylation is 1. The van der Waals surface area contributed by atoms with Gasteiger partial charge in [-0.15, -0.1) is 0 Å². The average Bonchev–Trinajstić information content (AvgIpc) is 2.32. The van der Waals surface area contributed by atoms with Crippen LogP contribution in [0.15, 0.2) is 6.20 Å². The molecule has 0 radical (unpaired) electrons. The molecule has 98 valence electrons. The van der Waals surface area contributed by atoms with E-state index in [9.17, 15) is 0 Å². The SMILES string of the molecule is COc1c(C)cnc(CN(CC#N)C(C)C)c1C. The summed E-state index contributed by atoms with van der Waals surface area (Å²) in [6.07, 6.45) is 1.83. The van der Waals surface area contributed by atoms with Gasteiger partial charge in [-0.3, -0.25) is 9.88 Å². The third-order valence-corrected chi connectivity index (χ3v) is 3.11. The van der Waals surface area contributed by atoms with Gasteiger partial charge in [0.25, 0.3) is 0 Å². The summed E-state index contributed by atoms with van der Waals surface area (Å²) in [6, 6.07) is 2.51. The van der Waals surface area contributed by atoms with Gasteiger partial charge in [0.15, 0.2) is 0 Å². The lowest BCUT2D eigenvalue weighted by Crippen LogP contribution is -2.31. The molecule has 1 aromatic heterocycles. The first-order valence-corrected chi connectivity index (χ1v) is 6.11. The molecule has 0 unspecified atom stereocenters. The second-order valence-corrected chi connectivity index (χ2v) is 4.70. The lowest BCUT2D eigenvalue weighted by Gasteiger charge is -2.24. The van der Waals surface area contributed by atoms with E-state index >= 15 is 0 Å². The Morgan fingerprint density at radius 3 is 2.61 bits per heavy atom. The zero-order valence-electron chi connectivity index (χ0n) is 11.8. The fourth-order valence-electron chi connectivity index (χ4n) is 1.93. The number of ether oxygens (including phenoxy) is 1. The maximum atomic E-state index is 8.84. The molecule has 4 nitrogen and oxygen atoms in total. The van der Waals surface area contributed by atoms with Crippen molar-refractivity contribution < 1.29 is 4.74 Å². The molecule has 0 spiro atoms. The van der Waals surface area contributed by atoms with E-state index in [1.807, 2.05) is 20.0 Å². The van der Waals surface area contributed by atoms with Gasteiger partial charge in [-0.25, -0.2) is 0 Å². The molecular weight excluding hydrogens is 226 g/mol. The van der Waals surface area contributed by atoms with Crippen molar-refractivity contribution in [3.8, 4) is 11.8 Å². The van der Waals surface area contributed by atoms with Crippen LogP contribution in [0.2, 0.25) is 0 Å². The standard InChI is InChI=1S/C14H21N3O/c1-10(2)17(7-6-15)9-13-12(4)14(18-5)11(3)8-16-13/h8,10H,7,9H2,1-5H3. The highest BCUT2D eigenvalue weighted by molar-refractivity contribution is 5.41. The molecule has 4 heteroatoms. The number of hydrogen-bond donors (Lipinski definition) is 0. The van der Waals surface area contributed by atoms with Crippen molar-refractivity contribution in [2.45, 2.75) is 40.3 Å². The van der Waals surface area contributed by atoms with Crippen LogP contribution in [0.4, 0.5) is 0 Å². The molecule has 1 heterocycles. The minimum absolute atomic E-state index is 0.318. The van der Waals surface area contributed by atoms with E-state index in [2.05, 4.69) is 29.8 Å². The van der Waals surface area contributed by atoms with E-state index < -0.39 is 0 Å². The first kappa shape index (κ1) is 14.5. The highest BCUT2D eigenvalue weighted by Gasteiger charge is 2.15. The van der Waals surface area contributed by atoms with E-state index in [0.29, 0.717) is 19.1 Å². The van der Waals surface area contributed by atoms with Crippen LogP contribution < -0.4 is 4.74 Å². The van der Waals surface area contributed by atoms with E-state index in [-0.39, 0.29) is 0 Å². The van der Waals surface area contributed by atoms with Gasteiger partial charge >= 0.3 is 0 Å². The van der Waals surface area contributed by atoms with E-state index in [0.717, 1.165) is 22.6 Å². The number of hydrogen-bond acceptors (Lipinski definition) is 4. The minimum atomic E-state index is 0.318. The highest BCUT2D eigenvalue weighted by Crippen LogP contribution is 2.24. The second-order valence-electron chi connectivity index (χ2n) is 4.70. The van der Waals surface area contributed by atoms with Crippen LogP contribution in [-0.2, 0) is 6.54 Å². The molecule has 0 aliphatic carbocycles. The molecule has 0 amide bonds. The Hall–Kier alpha value is -1.60. The maximum Gasteiger partial charge on any atom is 0.128 e. The van der Waals surface area contributed by atoms with Crippen LogP contribution in [0.1, 0.15) is 30.7 Å². The molecule has 0 saturated carbocycles. The largest absolute Gasteiger partial charge is 0.496 e. The van der Waals surface area contributed by atoms with E-state index in [1.165, 1.54) is 0 Å². The number of pyridine rings is 1. The van der Waals surface area contributed by atoms with Gasteiger partial charge in [-0.05, 0) is 27.7 Å². The quantitative estimate of drug-likeness (QED) is 0.750. The van der Waals surface area contributed by atoms with E-state index in [1.54, 1.807) is 7.11 Å². The minimum Gasteiger partial charge on any atom is -0.496 e. The van der Waals surface area contributed by atoms with Crippen LogP contribution in [0.25, 0.3) is 0 Å². The van der Waals surface area contributed by atoms with E-state index in [4.69, 9.17) is 10.00 Å². The molecule has 0 aliphatic heterocycles. The van der Waals surface area contributed by atoms with Gasteiger partial charge in [0.05, 0.1) is 25.4 Å². The molecule has 0 N–H and O–H groups in total. The Balaban J connectivity index is 3.00. The third-order valence-electron chi connectivity index (χ3n) is 3.11. The van der Waals surface area contributed by atoms with Crippen LogP contribution in [0.5, 0.6) is 5.75 Å². The summed E-state index contributed by atoms with van der Waals surface area (Å²) in [6.45, 7) is 9.25. The Morgan fingerprint density at radius 1 is 1.44 bits per heavy atom. The molecule has 0 saturated heterocycles.